The van der Waals surface area contributed by atoms with E-state index in [1.54, 1.807) is 37.3 Å². The highest BCUT2D eigenvalue weighted by atomic mass is 32.2. The lowest BCUT2D eigenvalue weighted by molar-refractivity contribution is -0.160. The lowest BCUT2D eigenvalue weighted by atomic mass is 9.88. The first kappa shape index (κ1) is 20.1. The third-order valence-electron chi connectivity index (χ3n) is 4.58. The van der Waals surface area contributed by atoms with Gasteiger partial charge in [0.1, 0.15) is 0 Å². The number of ether oxygens (including phenoxy) is 2. The van der Waals surface area contributed by atoms with Gasteiger partial charge in [-0.1, -0.05) is 29.3 Å². The van der Waals surface area contributed by atoms with Gasteiger partial charge in [-0.25, -0.2) is 8.42 Å². The lowest BCUT2D eigenvalue weighted by Gasteiger charge is -2.20. The maximum Gasteiger partial charge on any atom is 0.320 e. The van der Waals surface area contributed by atoms with Crippen LogP contribution < -0.4 is 0 Å². The zero-order valence-corrected chi connectivity index (χ0v) is 16.1. The van der Waals surface area contributed by atoms with Gasteiger partial charge in [0.25, 0.3) is 0 Å². The Bertz CT molecular complexity index is 797. The predicted molar refractivity (Wildman–Crippen MR) is 94.7 cm³/mol. The van der Waals surface area contributed by atoms with E-state index in [2.05, 4.69) is 0 Å². The molecule has 0 aliphatic carbocycles. The van der Waals surface area contributed by atoms with E-state index < -0.39 is 33.8 Å². The van der Waals surface area contributed by atoms with Gasteiger partial charge in [-0.2, -0.15) is 4.31 Å². The largest absolute Gasteiger partial charge is 0.468 e. The molecular weight excluding hydrogens is 358 g/mol. The molecule has 1 saturated heterocycles. The van der Waals surface area contributed by atoms with Crippen molar-refractivity contribution in [2.24, 2.45) is 11.8 Å². The number of methoxy groups -OCH3 is 2. The van der Waals surface area contributed by atoms with Crippen molar-refractivity contribution in [2.75, 3.05) is 27.3 Å². The summed E-state index contributed by atoms with van der Waals surface area (Å²) in [6.07, 6.45) is 1.73. The van der Waals surface area contributed by atoms with Crippen LogP contribution in [0.4, 0.5) is 0 Å². The summed E-state index contributed by atoms with van der Waals surface area (Å²) in [5, 5.41) is 0. The minimum atomic E-state index is -3.74. The smallest absolute Gasteiger partial charge is 0.320 e. The van der Waals surface area contributed by atoms with Gasteiger partial charge in [0.15, 0.2) is 5.92 Å². The maximum absolute atomic E-state index is 12.9. The second-order valence-corrected chi connectivity index (χ2v) is 8.04. The Balaban J connectivity index is 2.37. The van der Waals surface area contributed by atoms with Crippen LogP contribution in [0.2, 0.25) is 0 Å². The number of hydrogen-bond donors (Lipinski definition) is 0. The average Bonchev–Trinajstić information content (AvgIpc) is 3.06. The van der Waals surface area contributed by atoms with E-state index >= 15 is 0 Å². The van der Waals surface area contributed by atoms with Gasteiger partial charge < -0.3 is 9.47 Å². The number of hydrogen-bond acceptors (Lipinski definition) is 6. The van der Waals surface area contributed by atoms with Gasteiger partial charge in [-0.15, -0.1) is 0 Å². The third kappa shape index (κ3) is 3.81. The van der Waals surface area contributed by atoms with Crippen LogP contribution in [0, 0.1) is 18.8 Å². The van der Waals surface area contributed by atoms with Crippen molar-refractivity contribution in [3.8, 4) is 0 Å². The molecule has 1 aliphatic rings. The van der Waals surface area contributed by atoms with Crippen molar-refractivity contribution in [2.45, 2.75) is 18.7 Å². The summed E-state index contributed by atoms with van der Waals surface area (Å²) in [4.78, 5) is 24.4. The zero-order valence-electron chi connectivity index (χ0n) is 15.3. The molecule has 1 fully saturated rings. The Morgan fingerprint density at radius 2 is 1.69 bits per heavy atom. The molecule has 1 aromatic rings. The molecular formula is C18H23NO6S. The first-order valence-electron chi connectivity index (χ1n) is 8.13. The van der Waals surface area contributed by atoms with Gasteiger partial charge >= 0.3 is 11.9 Å². The Morgan fingerprint density at radius 1 is 1.15 bits per heavy atom. The molecule has 0 saturated carbocycles. The van der Waals surface area contributed by atoms with Crippen LogP contribution in [0.5, 0.6) is 0 Å². The monoisotopic (exact) mass is 381 g/mol. The van der Waals surface area contributed by atoms with Crippen LogP contribution in [-0.2, 0) is 29.1 Å². The van der Waals surface area contributed by atoms with Crippen molar-refractivity contribution in [3.05, 3.63) is 41.5 Å². The summed E-state index contributed by atoms with van der Waals surface area (Å²) in [7, 11) is -1.37. The fourth-order valence-corrected chi connectivity index (χ4v) is 4.52. The molecule has 0 aromatic heterocycles. The molecule has 0 spiro atoms. The van der Waals surface area contributed by atoms with Gasteiger partial charge in [0.05, 0.1) is 19.1 Å². The SMILES string of the molecule is C/C=C1\CN(S(=O)(=O)c2ccc(C)cc2)CC1C(C(=O)OC)C(=O)OC. The van der Waals surface area contributed by atoms with Crippen molar-refractivity contribution >= 4 is 22.0 Å². The Hall–Kier alpha value is -2.19. The number of rotatable bonds is 5. The van der Waals surface area contributed by atoms with Crippen LogP contribution in [0.3, 0.4) is 0 Å². The number of allylic oxidation sites excluding steroid dienone is 1. The fourth-order valence-electron chi connectivity index (χ4n) is 3.07. The second-order valence-electron chi connectivity index (χ2n) is 6.10. The number of carbonyl (C=O) groups is 2. The molecule has 0 amide bonds. The Morgan fingerprint density at radius 3 is 2.15 bits per heavy atom. The van der Waals surface area contributed by atoms with Gasteiger partial charge in [0.2, 0.25) is 10.0 Å². The second kappa shape index (κ2) is 8.01. The number of esters is 2. The maximum atomic E-state index is 12.9. The summed E-state index contributed by atoms with van der Waals surface area (Å²) >= 11 is 0. The minimum Gasteiger partial charge on any atom is -0.468 e. The van der Waals surface area contributed by atoms with Crippen LogP contribution in [0.25, 0.3) is 0 Å². The molecule has 0 radical (unpaired) electrons. The summed E-state index contributed by atoms with van der Waals surface area (Å²) < 4.78 is 36.6. The highest BCUT2D eigenvalue weighted by molar-refractivity contribution is 7.89. The van der Waals surface area contributed by atoms with Crippen LogP contribution in [-0.4, -0.2) is 52.0 Å². The molecule has 1 unspecified atom stereocenters. The Labute approximate surface area is 153 Å². The lowest BCUT2D eigenvalue weighted by Crippen LogP contribution is -2.36. The number of benzene rings is 1. The van der Waals surface area contributed by atoms with Crippen LogP contribution in [0.1, 0.15) is 12.5 Å². The standard InChI is InChI=1S/C18H23NO6S/c1-5-13-10-19(26(22,23)14-8-6-12(2)7-9-14)11-15(13)16(17(20)24-3)18(21)25-4/h5-9,15-16H,10-11H2,1-4H3/b13-5+. The summed E-state index contributed by atoms with van der Waals surface area (Å²) in [5.41, 5.74) is 1.63. The first-order chi connectivity index (χ1) is 12.3. The predicted octanol–water partition coefficient (Wildman–Crippen LogP) is 1.52. The molecule has 26 heavy (non-hydrogen) atoms. The van der Waals surface area contributed by atoms with Crippen molar-refractivity contribution in [1.82, 2.24) is 4.31 Å². The highest BCUT2D eigenvalue weighted by Crippen LogP contribution is 2.34. The minimum absolute atomic E-state index is 0.00471. The molecule has 0 N–H and O–H groups in total. The van der Waals surface area contributed by atoms with E-state index in [0.717, 1.165) is 5.56 Å². The quantitative estimate of drug-likeness (QED) is 0.436. The topological polar surface area (TPSA) is 90.0 Å². The molecule has 1 heterocycles. The third-order valence-corrected chi connectivity index (χ3v) is 6.40. The van der Waals surface area contributed by atoms with E-state index in [-0.39, 0.29) is 18.0 Å². The van der Waals surface area contributed by atoms with Crippen molar-refractivity contribution in [1.29, 1.82) is 0 Å². The van der Waals surface area contributed by atoms with Gasteiger partial charge in [-0.3, -0.25) is 9.59 Å². The molecule has 8 heteroatoms. The number of sulfonamides is 1. The molecule has 2 rings (SSSR count). The molecule has 142 valence electrons. The van der Waals surface area contributed by atoms with Gasteiger partial charge in [0, 0.05) is 19.0 Å². The molecule has 7 nitrogen and oxygen atoms in total. The normalized spacial score (nSPS) is 19.7. The summed E-state index contributed by atoms with van der Waals surface area (Å²) in [6, 6.07) is 6.54. The number of aryl methyl sites for hydroxylation is 1. The first-order valence-corrected chi connectivity index (χ1v) is 9.57. The van der Waals surface area contributed by atoms with Crippen LogP contribution >= 0.6 is 0 Å². The molecule has 0 bridgehead atoms. The van der Waals surface area contributed by atoms with E-state index in [4.69, 9.17) is 9.47 Å². The Kier molecular flexibility index (Phi) is 6.20. The van der Waals surface area contributed by atoms with Crippen LogP contribution in [0.15, 0.2) is 40.8 Å². The average molecular weight is 381 g/mol. The van der Waals surface area contributed by atoms with E-state index in [1.165, 1.54) is 18.5 Å². The molecule has 1 atom stereocenters. The van der Waals surface area contributed by atoms with Crippen molar-refractivity contribution < 1.29 is 27.5 Å². The van der Waals surface area contributed by atoms with E-state index in [1.807, 2.05) is 6.92 Å². The zero-order chi connectivity index (χ0) is 19.5. The number of carbonyl (C=O) groups excluding carboxylic acids is 2. The molecule has 1 aliphatic heterocycles. The molecule has 1 aromatic carbocycles. The number of nitrogens with zero attached hydrogens (tertiary/aromatic N) is 1. The van der Waals surface area contributed by atoms with E-state index in [0.29, 0.717) is 5.57 Å². The van der Waals surface area contributed by atoms with E-state index in [9.17, 15) is 18.0 Å². The fraction of sp³-hybridized carbons (Fsp3) is 0.444. The summed E-state index contributed by atoms with van der Waals surface area (Å²) in [5.74, 6) is -3.30. The van der Waals surface area contributed by atoms with Crippen molar-refractivity contribution in [3.63, 3.8) is 0 Å². The van der Waals surface area contributed by atoms with Gasteiger partial charge in [-0.05, 0) is 26.0 Å². The highest BCUT2D eigenvalue weighted by Gasteiger charge is 2.45. The summed E-state index contributed by atoms with van der Waals surface area (Å²) in [6.45, 7) is 3.74.